The summed E-state index contributed by atoms with van der Waals surface area (Å²) < 4.78 is 0. The van der Waals surface area contributed by atoms with Crippen LogP contribution in [0.15, 0.2) is 65.8 Å². The molecule has 2 aromatic carbocycles. The second-order valence-corrected chi connectivity index (χ2v) is 26.7. The fraction of sp³-hybridized carbons (Fsp3) is 0.544. The molecule has 28 N–H and O–H groups in total. The lowest BCUT2D eigenvalue weighted by Gasteiger charge is -2.28. The zero-order chi connectivity index (χ0) is 81.1. The number of aliphatic hydroxyl groups excluding tert-OH is 3. The molecule has 0 saturated carbocycles. The molecule has 3 aromatic rings. The van der Waals surface area contributed by atoms with Gasteiger partial charge in [0, 0.05) is 42.9 Å². The average molecular weight is 1520 g/mol. The quantitative estimate of drug-likeness (QED) is 0.0142. The highest BCUT2D eigenvalue weighted by Crippen LogP contribution is 2.20. The van der Waals surface area contributed by atoms with Crippen LogP contribution in [0.3, 0.4) is 0 Å². The number of aliphatic carboxylic acids is 1. The number of aliphatic imine (C=N–C) groups is 1. The van der Waals surface area contributed by atoms with E-state index in [1.165, 1.54) is 20.8 Å². The van der Waals surface area contributed by atoms with Gasteiger partial charge < -0.3 is 123 Å². The van der Waals surface area contributed by atoms with E-state index >= 15 is 0 Å². The van der Waals surface area contributed by atoms with Crippen molar-refractivity contribution >= 4 is 111 Å². The van der Waals surface area contributed by atoms with Gasteiger partial charge in [0.05, 0.1) is 45.4 Å². The summed E-state index contributed by atoms with van der Waals surface area (Å²) >= 11 is 0. The molecule has 0 radical (unpaired) electrons. The van der Waals surface area contributed by atoms with Gasteiger partial charge in [0.25, 0.3) is 0 Å². The molecular weight excluding hydrogens is 1420 g/mol. The van der Waals surface area contributed by atoms with Crippen LogP contribution in [0.25, 0.3) is 10.9 Å². The Morgan fingerprint density at radius 1 is 0.463 bits per heavy atom. The van der Waals surface area contributed by atoms with Crippen LogP contribution in [0.5, 0.6) is 0 Å². The lowest BCUT2D eigenvalue weighted by molar-refractivity contribution is -0.142. The number of hydrogen-bond acceptors (Lipinski definition) is 21. The number of carbonyl (C=O) groups is 16. The number of nitrogens with two attached hydrogens (primary N) is 5. The number of aromatic nitrogens is 1. The van der Waals surface area contributed by atoms with Crippen molar-refractivity contribution < 1.29 is 97.1 Å². The lowest BCUT2D eigenvalue weighted by atomic mass is 9.99. The second kappa shape index (κ2) is 45.9. The highest BCUT2D eigenvalue weighted by molar-refractivity contribution is 6.00. The third kappa shape index (κ3) is 32.5. The molecule has 1 aromatic heterocycles. The molecule has 40 nitrogen and oxygen atoms in total. The van der Waals surface area contributed by atoms with Crippen molar-refractivity contribution in [2.75, 3.05) is 39.4 Å². The average Bonchev–Trinajstić information content (AvgIpc) is 1.66. The lowest BCUT2D eigenvalue weighted by Crippen LogP contribution is -2.60. The summed E-state index contributed by atoms with van der Waals surface area (Å²) in [4.78, 5) is 220. The Hall–Kier alpha value is -11.4. The number of benzene rings is 2. The molecule has 12 atom stereocenters. The molecule has 0 spiro atoms. The minimum atomic E-state index is -1.87. The zero-order valence-corrected chi connectivity index (χ0v) is 61.2. The number of guanidine groups is 1. The van der Waals surface area contributed by atoms with Gasteiger partial charge in [-0.25, -0.2) is 4.79 Å². The molecule has 3 rings (SSSR count). The Balaban J connectivity index is 1.77. The van der Waals surface area contributed by atoms with Gasteiger partial charge in [0.2, 0.25) is 88.6 Å². The number of rotatable bonds is 48. The molecule has 40 heteroatoms. The minimum absolute atomic E-state index is 0.0117. The summed E-state index contributed by atoms with van der Waals surface area (Å²) in [5.74, 6) is -17.9. The van der Waals surface area contributed by atoms with Crippen molar-refractivity contribution in [3.05, 3.63) is 71.9 Å². The van der Waals surface area contributed by atoms with Gasteiger partial charge in [0.1, 0.15) is 66.5 Å². The highest BCUT2D eigenvalue weighted by atomic mass is 16.4. The Kier molecular flexibility index (Phi) is 38.6. The van der Waals surface area contributed by atoms with E-state index in [9.17, 15) is 97.1 Å². The molecular formula is C68H104N20O20. The number of carboxylic acid groups (broad SMARTS) is 1. The van der Waals surface area contributed by atoms with E-state index in [4.69, 9.17) is 28.7 Å². The fourth-order valence-corrected chi connectivity index (χ4v) is 10.5. The van der Waals surface area contributed by atoms with E-state index in [0.717, 1.165) is 0 Å². The minimum Gasteiger partial charge on any atom is -0.480 e. The molecule has 0 fully saturated rings. The summed E-state index contributed by atoms with van der Waals surface area (Å²) in [5, 5.41) is 71.6. The molecule has 0 aliphatic heterocycles. The SMILES string of the molecule is CC(C)C[C@H](NC(=O)[C@H](CC(C)C)NC(=O)[C@@H](N)[C@@H](C)O)C(=O)N[C@@H](CO)C(=O)N[C@H](C(=O)NCC(=O)NCC(=O)N[C@@H](Cc1c[nH]c2ccccc12)C(=O)N[C@@H](CC(N)=O)C(=O)N[C@@H](Cc1ccccc1)C(=O)NCC(=O)N[C@@H](CO)C(=O)N[C@@H](CCC(N)=O)C(=O)N[C@@H](CCCN=C(N)N)C(=O)O)C(C)C. The summed E-state index contributed by atoms with van der Waals surface area (Å²) in [6.45, 7) is 6.83. The first-order valence-electron chi connectivity index (χ1n) is 34.8. The number of para-hydroxylation sites is 1. The Labute approximate surface area is 622 Å². The highest BCUT2D eigenvalue weighted by Gasteiger charge is 2.37. The van der Waals surface area contributed by atoms with Gasteiger partial charge in [-0.05, 0) is 74.0 Å². The van der Waals surface area contributed by atoms with Crippen molar-refractivity contribution in [2.24, 2.45) is 51.4 Å². The zero-order valence-electron chi connectivity index (χ0n) is 61.2. The molecule has 0 aliphatic carbocycles. The van der Waals surface area contributed by atoms with Gasteiger partial charge in [-0.2, -0.15) is 0 Å². The number of H-pyrrole nitrogens is 1. The van der Waals surface area contributed by atoms with Crippen LogP contribution < -0.4 is 97.8 Å². The first-order valence-corrected chi connectivity index (χ1v) is 34.8. The summed E-state index contributed by atoms with van der Waals surface area (Å²) in [7, 11) is 0. The number of nitrogens with zero attached hydrogens (tertiary/aromatic N) is 1. The van der Waals surface area contributed by atoms with Gasteiger partial charge in [-0.1, -0.05) is 90.1 Å². The van der Waals surface area contributed by atoms with Gasteiger partial charge >= 0.3 is 5.97 Å². The van der Waals surface area contributed by atoms with Crippen LogP contribution in [-0.4, -0.2) is 238 Å². The van der Waals surface area contributed by atoms with Crippen LogP contribution >= 0.6 is 0 Å². The molecule has 0 bridgehead atoms. The number of primary amides is 2. The molecule has 0 unspecified atom stereocenters. The topological polar surface area (TPSA) is 669 Å². The van der Waals surface area contributed by atoms with E-state index in [1.807, 2.05) is 0 Å². The maximum Gasteiger partial charge on any atom is 0.326 e. The van der Waals surface area contributed by atoms with Crippen LogP contribution in [0.2, 0.25) is 0 Å². The van der Waals surface area contributed by atoms with E-state index < -0.39 is 225 Å². The smallest absolute Gasteiger partial charge is 0.326 e. The number of aliphatic hydroxyl groups is 3. The largest absolute Gasteiger partial charge is 0.480 e. The number of hydrogen-bond donors (Lipinski definition) is 23. The summed E-state index contributed by atoms with van der Waals surface area (Å²) in [5.41, 5.74) is 28.8. The van der Waals surface area contributed by atoms with Crippen molar-refractivity contribution in [1.29, 1.82) is 0 Å². The molecule has 0 aliphatic rings. The Morgan fingerprint density at radius 3 is 1.47 bits per heavy atom. The molecule has 596 valence electrons. The van der Waals surface area contributed by atoms with Crippen LogP contribution in [-0.2, 0) is 89.6 Å². The number of carbonyl (C=O) groups excluding carboxylic acids is 15. The normalized spacial score (nSPS) is 14.5. The number of amides is 15. The van der Waals surface area contributed by atoms with Crippen molar-refractivity contribution in [3.8, 4) is 0 Å². The van der Waals surface area contributed by atoms with Gasteiger partial charge in [-0.15, -0.1) is 0 Å². The summed E-state index contributed by atoms with van der Waals surface area (Å²) in [6.07, 6.45) is -2.03. The van der Waals surface area contributed by atoms with Crippen molar-refractivity contribution in [2.45, 2.75) is 179 Å². The number of carboxylic acids is 1. The Morgan fingerprint density at radius 2 is 0.917 bits per heavy atom. The van der Waals surface area contributed by atoms with Crippen LogP contribution in [0.1, 0.15) is 105 Å². The van der Waals surface area contributed by atoms with Crippen LogP contribution in [0, 0.1) is 17.8 Å². The van der Waals surface area contributed by atoms with E-state index in [0.29, 0.717) is 22.0 Å². The first kappa shape index (κ1) is 90.8. The third-order valence-corrected chi connectivity index (χ3v) is 16.3. The predicted molar refractivity (Wildman–Crippen MR) is 388 cm³/mol. The predicted octanol–water partition coefficient (Wildman–Crippen LogP) is -8.13. The van der Waals surface area contributed by atoms with Gasteiger partial charge in [-0.3, -0.25) is 76.9 Å². The standard InChI is InChI=1S/C68H104N20O20/c1-33(2)22-43(83-59(99)44(23-34(3)4)86-65(105)55(71)36(7)91)60(100)87-49(32-90)64(104)88-56(35(5)6)66(106)78-28-52(94)76-29-53(95)79-46(25-38-27-75-40-17-12-11-16-39(38)40)61(101)85-47(26-51(70)93)62(102)84-45(24-37-14-9-8-10-15-37)57(97)77-30-54(96)80-48(31-89)63(103)81-41(19-20-50(69)92)58(98)82-42(67(107)108)18-13-21-74-68(72)73/h8-12,14-17,27,33-36,41-49,55-56,75,89-91H,13,18-26,28-32,71H2,1-7H3,(H2,69,92)(H2,70,93)(H,76,94)(H,77,97)(H,78,106)(H,79,95)(H,80,96)(H,81,103)(H,82,98)(H,83,99)(H,84,102)(H,85,101)(H,86,105)(H,87,100)(H,88,104)(H,107,108)(H4,72,73,74)/t36-,41+,42+,43+,44+,45+,46+,47+,48+,49+,55+,56+/m1/s1. The van der Waals surface area contributed by atoms with Gasteiger partial charge in [0.15, 0.2) is 5.96 Å². The first-order chi connectivity index (χ1) is 50.8. The maximum atomic E-state index is 14.5. The van der Waals surface area contributed by atoms with E-state index in [2.05, 4.69) is 79.1 Å². The summed E-state index contributed by atoms with van der Waals surface area (Å²) in [6, 6.07) is -2.10. The Bertz CT molecular complexity index is 3640. The van der Waals surface area contributed by atoms with E-state index in [1.54, 1.807) is 88.5 Å². The maximum absolute atomic E-state index is 14.5. The van der Waals surface area contributed by atoms with E-state index in [-0.39, 0.29) is 62.9 Å². The second-order valence-electron chi connectivity index (χ2n) is 26.7. The van der Waals surface area contributed by atoms with Crippen molar-refractivity contribution in [3.63, 3.8) is 0 Å². The third-order valence-electron chi connectivity index (χ3n) is 16.3. The monoisotopic (exact) mass is 1520 g/mol. The number of aromatic amines is 1. The fourth-order valence-electron chi connectivity index (χ4n) is 10.5. The molecule has 0 saturated heterocycles. The molecule has 108 heavy (non-hydrogen) atoms. The van der Waals surface area contributed by atoms with Crippen molar-refractivity contribution in [1.82, 2.24) is 74.1 Å². The molecule has 1 heterocycles. The number of fused-ring (bicyclic) bond motifs is 1. The molecule has 15 amide bonds. The number of nitrogens with one attached hydrogen (secondary N) is 14. The van der Waals surface area contributed by atoms with Crippen LogP contribution in [0.4, 0.5) is 0 Å².